The fraction of sp³-hybridized carbons (Fsp3) is 0.0909. The standard InChI is InChI=1S/C11H9ClFNO4/c1-2-3-18-11(17)14-9-7(10(15)16)4-6(13)5-8(9)12/h2,4-5H,1,3H2,(H,14,17)(H,15,16). The summed E-state index contributed by atoms with van der Waals surface area (Å²) in [4.78, 5) is 22.1. The third kappa shape index (κ3) is 3.46. The quantitative estimate of drug-likeness (QED) is 0.827. The van der Waals surface area contributed by atoms with Crippen molar-refractivity contribution in [1.82, 2.24) is 0 Å². The van der Waals surface area contributed by atoms with Gasteiger partial charge in [0.15, 0.2) is 0 Å². The van der Waals surface area contributed by atoms with Gasteiger partial charge in [0, 0.05) is 0 Å². The van der Waals surface area contributed by atoms with Crippen LogP contribution < -0.4 is 5.32 Å². The third-order valence-corrected chi connectivity index (χ3v) is 2.14. The fourth-order valence-electron chi connectivity index (χ4n) is 1.14. The first-order valence-electron chi connectivity index (χ1n) is 4.72. The first-order chi connectivity index (χ1) is 8.45. The lowest BCUT2D eigenvalue weighted by molar-refractivity contribution is 0.0697. The van der Waals surface area contributed by atoms with Crippen LogP contribution >= 0.6 is 11.6 Å². The van der Waals surface area contributed by atoms with Crippen LogP contribution in [0, 0.1) is 5.82 Å². The van der Waals surface area contributed by atoms with Gasteiger partial charge in [0.2, 0.25) is 0 Å². The predicted molar refractivity (Wildman–Crippen MR) is 63.5 cm³/mol. The number of aromatic carboxylic acids is 1. The Balaban J connectivity index is 3.03. The van der Waals surface area contributed by atoms with Gasteiger partial charge in [-0.05, 0) is 12.1 Å². The minimum absolute atomic E-state index is 0.0486. The second-order valence-electron chi connectivity index (χ2n) is 3.13. The summed E-state index contributed by atoms with van der Waals surface area (Å²) in [5.74, 6) is -2.24. The lowest BCUT2D eigenvalue weighted by Gasteiger charge is -2.10. The summed E-state index contributed by atoms with van der Waals surface area (Å²) >= 11 is 5.66. The number of hydrogen-bond acceptors (Lipinski definition) is 3. The molecule has 96 valence electrons. The molecule has 1 rings (SSSR count). The van der Waals surface area contributed by atoms with E-state index in [9.17, 15) is 14.0 Å². The molecule has 1 amide bonds. The number of ether oxygens (including phenoxy) is 1. The summed E-state index contributed by atoms with van der Waals surface area (Å²) in [6.45, 7) is 3.29. The number of halogens is 2. The van der Waals surface area contributed by atoms with Crippen LogP contribution in [0.25, 0.3) is 0 Å². The summed E-state index contributed by atoms with van der Waals surface area (Å²) in [5, 5.41) is 10.8. The number of benzene rings is 1. The molecule has 0 unspecified atom stereocenters. The molecule has 1 aromatic rings. The average molecular weight is 274 g/mol. The van der Waals surface area contributed by atoms with Crippen LogP contribution in [0.3, 0.4) is 0 Å². The molecule has 0 heterocycles. The highest BCUT2D eigenvalue weighted by Crippen LogP contribution is 2.27. The van der Waals surface area contributed by atoms with E-state index in [1.807, 2.05) is 0 Å². The predicted octanol–water partition coefficient (Wildman–Crippen LogP) is 2.91. The summed E-state index contributed by atoms with van der Waals surface area (Å²) in [7, 11) is 0. The van der Waals surface area contributed by atoms with Gasteiger partial charge in [-0.25, -0.2) is 14.0 Å². The normalized spacial score (nSPS) is 9.67. The topological polar surface area (TPSA) is 75.6 Å². The van der Waals surface area contributed by atoms with Crippen LogP contribution in [0.4, 0.5) is 14.9 Å². The van der Waals surface area contributed by atoms with Gasteiger partial charge in [-0.2, -0.15) is 0 Å². The van der Waals surface area contributed by atoms with Gasteiger partial charge in [-0.15, -0.1) is 0 Å². The number of carboxylic acid groups (broad SMARTS) is 1. The second-order valence-corrected chi connectivity index (χ2v) is 3.53. The van der Waals surface area contributed by atoms with E-state index in [0.29, 0.717) is 0 Å². The number of hydrogen-bond donors (Lipinski definition) is 2. The van der Waals surface area contributed by atoms with Gasteiger partial charge < -0.3 is 9.84 Å². The highest BCUT2D eigenvalue weighted by molar-refractivity contribution is 6.34. The van der Waals surface area contributed by atoms with Crippen molar-refractivity contribution < 1.29 is 23.8 Å². The Bertz CT molecular complexity index is 504. The van der Waals surface area contributed by atoms with Crippen molar-refractivity contribution in [2.45, 2.75) is 0 Å². The van der Waals surface area contributed by atoms with Gasteiger partial charge in [0.1, 0.15) is 12.4 Å². The highest BCUT2D eigenvalue weighted by atomic mass is 35.5. The minimum atomic E-state index is -1.42. The monoisotopic (exact) mass is 273 g/mol. The van der Waals surface area contributed by atoms with E-state index in [-0.39, 0.29) is 17.3 Å². The van der Waals surface area contributed by atoms with E-state index >= 15 is 0 Å². The highest BCUT2D eigenvalue weighted by Gasteiger charge is 2.18. The first kappa shape index (κ1) is 14.0. The van der Waals surface area contributed by atoms with E-state index in [4.69, 9.17) is 16.7 Å². The molecule has 5 nitrogen and oxygen atoms in total. The number of nitrogens with one attached hydrogen (secondary N) is 1. The molecule has 0 bridgehead atoms. The van der Waals surface area contributed by atoms with Crippen LogP contribution in [-0.2, 0) is 4.74 Å². The SMILES string of the molecule is C=CCOC(=O)Nc1c(Cl)cc(F)cc1C(=O)O. The first-order valence-corrected chi connectivity index (χ1v) is 5.10. The van der Waals surface area contributed by atoms with Crippen molar-refractivity contribution in [3.05, 3.63) is 41.2 Å². The molecule has 0 aliphatic rings. The zero-order valence-electron chi connectivity index (χ0n) is 9.07. The average Bonchev–Trinajstić information content (AvgIpc) is 2.29. The van der Waals surface area contributed by atoms with E-state index in [2.05, 4.69) is 16.6 Å². The Kier molecular flexibility index (Phi) is 4.67. The van der Waals surface area contributed by atoms with Crippen molar-refractivity contribution in [1.29, 1.82) is 0 Å². The largest absolute Gasteiger partial charge is 0.478 e. The summed E-state index contributed by atoms with van der Waals surface area (Å²) in [6.07, 6.45) is 0.426. The Morgan fingerprint density at radius 3 is 2.78 bits per heavy atom. The van der Waals surface area contributed by atoms with E-state index in [1.54, 1.807) is 0 Å². The molecule has 0 atom stereocenters. The molecule has 0 aliphatic carbocycles. The van der Waals surface area contributed by atoms with Crippen molar-refractivity contribution >= 4 is 29.4 Å². The lowest BCUT2D eigenvalue weighted by Crippen LogP contribution is -2.16. The van der Waals surface area contributed by atoms with Gasteiger partial charge in [0.05, 0.1) is 16.3 Å². The Morgan fingerprint density at radius 2 is 2.22 bits per heavy atom. The van der Waals surface area contributed by atoms with Crippen LogP contribution in [0.5, 0.6) is 0 Å². The fourth-order valence-corrected chi connectivity index (χ4v) is 1.40. The lowest BCUT2D eigenvalue weighted by atomic mass is 10.1. The van der Waals surface area contributed by atoms with E-state index < -0.39 is 23.4 Å². The number of anilines is 1. The molecule has 1 aromatic carbocycles. The third-order valence-electron chi connectivity index (χ3n) is 1.84. The van der Waals surface area contributed by atoms with Crippen molar-refractivity contribution in [3.63, 3.8) is 0 Å². The van der Waals surface area contributed by atoms with Gasteiger partial charge in [-0.1, -0.05) is 24.3 Å². The molecular weight excluding hydrogens is 265 g/mol. The Morgan fingerprint density at radius 1 is 1.56 bits per heavy atom. The van der Waals surface area contributed by atoms with Crippen LogP contribution in [0.15, 0.2) is 24.8 Å². The molecule has 0 spiro atoms. The molecule has 7 heteroatoms. The molecule has 18 heavy (non-hydrogen) atoms. The number of amides is 1. The molecule has 0 saturated heterocycles. The summed E-state index contributed by atoms with van der Waals surface area (Å²) in [5.41, 5.74) is -0.685. The van der Waals surface area contributed by atoms with Crippen molar-refractivity contribution in [2.24, 2.45) is 0 Å². The number of carbonyl (C=O) groups excluding carboxylic acids is 1. The van der Waals surface area contributed by atoms with E-state index in [1.165, 1.54) is 6.08 Å². The van der Waals surface area contributed by atoms with Gasteiger partial charge in [0.25, 0.3) is 0 Å². The molecular formula is C11H9ClFNO4. The summed E-state index contributed by atoms with van der Waals surface area (Å²) < 4.78 is 17.6. The minimum Gasteiger partial charge on any atom is -0.478 e. The molecule has 0 saturated carbocycles. The van der Waals surface area contributed by atoms with Crippen LogP contribution in [0.2, 0.25) is 5.02 Å². The maximum absolute atomic E-state index is 13.0. The summed E-state index contributed by atoms with van der Waals surface area (Å²) in [6, 6.07) is 1.63. The number of rotatable bonds is 4. The number of carboxylic acids is 1. The molecule has 2 N–H and O–H groups in total. The van der Waals surface area contributed by atoms with Gasteiger partial charge >= 0.3 is 12.1 Å². The van der Waals surface area contributed by atoms with Crippen LogP contribution in [0.1, 0.15) is 10.4 Å². The smallest absolute Gasteiger partial charge is 0.412 e. The molecule has 0 radical (unpaired) electrons. The Hall–Kier alpha value is -2.08. The van der Waals surface area contributed by atoms with E-state index in [0.717, 1.165) is 12.1 Å². The maximum atomic E-state index is 13.0. The maximum Gasteiger partial charge on any atom is 0.412 e. The van der Waals surface area contributed by atoms with Crippen LogP contribution in [-0.4, -0.2) is 23.8 Å². The zero-order valence-corrected chi connectivity index (χ0v) is 9.83. The Labute approximate surface area is 107 Å². The van der Waals surface area contributed by atoms with Crippen molar-refractivity contribution in [3.8, 4) is 0 Å². The number of carbonyl (C=O) groups is 2. The molecule has 0 fully saturated rings. The molecule has 0 aliphatic heterocycles. The van der Waals surface area contributed by atoms with Gasteiger partial charge in [-0.3, -0.25) is 5.32 Å². The zero-order chi connectivity index (χ0) is 13.7. The second kappa shape index (κ2) is 6.02. The molecule has 0 aromatic heterocycles. The van der Waals surface area contributed by atoms with Crippen molar-refractivity contribution in [2.75, 3.05) is 11.9 Å².